The molecule has 8 heteroatoms. The molecule has 0 amide bonds. The molecule has 2 saturated heterocycles. The largest absolute Gasteiger partial charge is 0.387 e. The molecule has 0 aliphatic carbocycles. The third-order valence-corrected chi connectivity index (χ3v) is 6.93. The van der Waals surface area contributed by atoms with Crippen LogP contribution in [0.15, 0.2) is 30.3 Å². The molecule has 2 fully saturated rings. The van der Waals surface area contributed by atoms with Gasteiger partial charge in [-0.25, -0.2) is 0 Å². The first-order chi connectivity index (χ1) is 16.9. The Kier molecular flexibility index (Phi) is 10.3. The molecule has 0 radical (unpaired) electrons. The number of hydrogen-bond acceptors (Lipinski definition) is 8. The van der Waals surface area contributed by atoms with Crippen molar-refractivity contribution in [2.24, 2.45) is 11.7 Å². The number of benzene rings is 1. The number of nitrogens with two attached hydrogens (primary N) is 1. The molecule has 0 spiro atoms. The Morgan fingerprint density at radius 3 is 2.22 bits per heavy atom. The molecular weight excluding hydrogens is 462 g/mol. The highest BCUT2D eigenvalue weighted by Gasteiger charge is 2.54. The van der Waals surface area contributed by atoms with Gasteiger partial charge in [0.2, 0.25) is 0 Å². The summed E-state index contributed by atoms with van der Waals surface area (Å²) in [6, 6.07) is 9.98. The summed E-state index contributed by atoms with van der Waals surface area (Å²) in [5, 5.41) is 11.1. The maximum absolute atomic E-state index is 11.1. The van der Waals surface area contributed by atoms with Crippen molar-refractivity contribution in [2.45, 2.75) is 116 Å². The topological polar surface area (TPSA) is 102 Å². The van der Waals surface area contributed by atoms with Gasteiger partial charge in [0.25, 0.3) is 0 Å². The molecule has 3 rings (SSSR count). The number of ether oxygens (including phenoxy) is 6. The van der Waals surface area contributed by atoms with Gasteiger partial charge in [-0.3, -0.25) is 0 Å². The molecular formula is C28H47NO7. The van der Waals surface area contributed by atoms with Crippen LogP contribution in [0.2, 0.25) is 0 Å². The number of rotatable bonds is 14. The van der Waals surface area contributed by atoms with Crippen LogP contribution in [0, 0.1) is 5.92 Å². The normalized spacial score (nSPS) is 28.4. The average molecular weight is 510 g/mol. The highest BCUT2D eigenvalue weighted by atomic mass is 16.8. The van der Waals surface area contributed by atoms with Crippen LogP contribution in [0.4, 0.5) is 0 Å². The molecule has 7 atom stereocenters. The van der Waals surface area contributed by atoms with Gasteiger partial charge < -0.3 is 39.3 Å². The Labute approximate surface area is 216 Å². The summed E-state index contributed by atoms with van der Waals surface area (Å²) < 4.78 is 36.9. The van der Waals surface area contributed by atoms with Crippen molar-refractivity contribution in [2.75, 3.05) is 19.8 Å². The quantitative estimate of drug-likeness (QED) is 0.389. The van der Waals surface area contributed by atoms with Crippen molar-refractivity contribution in [3.05, 3.63) is 35.9 Å². The van der Waals surface area contributed by atoms with Crippen LogP contribution in [-0.2, 0) is 28.4 Å². The summed E-state index contributed by atoms with van der Waals surface area (Å²) in [6.07, 6.45) is -2.35. The van der Waals surface area contributed by atoms with Crippen LogP contribution in [0.3, 0.4) is 0 Å². The van der Waals surface area contributed by atoms with E-state index in [0.717, 1.165) is 12.0 Å². The van der Waals surface area contributed by atoms with Crippen LogP contribution in [-0.4, -0.2) is 73.1 Å². The lowest BCUT2D eigenvalue weighted by Crippen LogP contribution is -2.45. The first-order valence-electron chi connectivity index (χ1n) is 13.3. The molecule has 36 heavy (non-hydrogen) atoms. The second-order valence-corrected chi connectivity index (χ2v) is 11.5. The summed E-state index contributed by atoms with van der Waals surface area (Å²) in [5.74, 6) is 0.163. The highest BCUT2D eigenvalue weighted by molar-refractivity contribution is 5.17. The van der Waals surface area contributed by atoms with Crippen LogP contribution >= 0.6 is 0 Å². The predicted octanol–water partition coefficient (Wildman–Crippen LogP) is 3.95. The van der Waals surface area contributed by atoms with Crippen LogP contribution in [0.5, 0.6) is 0 Å². The van der Waals surface area contributed by atoms with Crippen LogP contribution < -0.4 is 5.73 Å². The van der Waals surface area contributed by atoms with Gasteiger partial charge in [-0.1, -0.05) is 44.2 Å². The smallest absolute Gasteiger partial charge is 0.190 e. The van der Waals surface area contributed by atoms with Gasteiger partial charge >= 0.3 is 0 Å². The Balaban J connectivity index is 1.64. The van der Waals surface area contributed by atoms with E-state index in [0.29, 0.717) is 19.6 Å². The van der Waals surface area contributed by atoms with E-state index in [9.17, 15) is 5.11 Å². The lowest BCUT2D eigenvalue weighted by molar-refractivity contribution is -0.219. The van der Waals surface area contributed by atoms with Crippen molar-refractivity contribution in [1.82, 2.24) is 0 Å². The zero-order valence-corrected chi connectivity index (χ0v) is 23.0. The van der Waals surface area contributed by atoms with E-state index in [2.05, 4.69) is 0 Å². The molecule has 8 nitrogen and oxygen atoms in total. The molecule has 0 aromatic heterocycles. The van der Waals surface area contributed by atoms with E-state index in [-0.39, 0.29) is 24.2 Å². The molecule has 2 aliphatic heterocycles. The minimum atomic E-state index is -0.890. The standard InChI is InChI=1S/C28H47NO7/c1-18(2)25-35-24-22(30)23(34-26(24)36-25)21(33-19(3)20-11-9-8-10-12-20)17-32-28(6,7)14-16-31-27(4,5)13-15-29/h8-12,18-19,21-26,30H,13-17,29H2,1-7H3/t19?,21?,22?,23-,24?,25?,26-/m1/s1. The van der Waals surface area contributed by atoms with Crippen molar-refractivity contribution >= 4 is 0 Å². The van der Waals surface area contributed by atoms with Crippen molar-refractivity contribution in [3.8, 4) is 0 Å². The fraction of sp³-hybridized carbons (Fsp3) is 0.786. The summed E-state index contributed by atoms with van der Waals surface area (Å²) in [4.78, 5) is 0. The lowest BCUT2D eigenvalue weighted by atomic mass is 10.0. The van der Waals surface area contributed by atoms with E-state index < -0.39 is 42.6 Å². The van der Waals surface area contributed by atoms with E-state index in [1.54, 1.807) is 0 Å². The Morgan fingerprint density at radius 2 is 1.61 bits per heavy atom. The Morgan fingerprint density at radius 1 is 0.944 bits per heavy atom. The third kappa shape index (κ3) is 7.95. The average Bonchev–Trinajstić information content (AvgIpc) is 3.36. The van der Waals surface area contributed by atoms with Gasteiger partial charge in [0.15, 0.2) is 12.6 Å². The molecule has 3 N–H and O–H groups in total. The van der Waals surface area contributed by atoms with Crippen LogP contribution in [0.25, 0.3) is 0 Å². The number of hydrogen-bond donors (Lipinski definition) is 2. The summed E-state index contributed by atoms with van der Waals surface area (Å²) in [7, 11) is 0. The maximum atomic E-state index is 11.1. The minimum absolute atomic E-state index is 0.163. The van der Waals surface area contributed by atoms with E-state index in [4.69, 9.17) is 34.2 Å². The summed E-state index contributed by atoms with van der Waals surface area (Å²) in [5.41, 5.74) is 6.00. The number of aliphatic hydroxyl groups is 1. The van der Waals surface area contributed by atoms with E-state index >= 15 is 0 Å². The molecule has 5 unspecified atom stereocenters. The summed E-state index contributed by atoms with van der Waals surface area (Å²) in [6.45, 7) is 15.6. The molecule has 206 valence electrons. The van der Waals surface area contributed by atoms with Crippen molar-refractivity contribution < 1.29 is 33.5 Å². The van der Waals surface area contributed by atoms with Gasteiger partial charge in [-0.05, 0) is 59.6 Å². The predicted molar refractivity (Wildman–Crippen MR) is 137 cm³/mol. The molecule has 0 bridgehead atoms. The first-order valence-corrected chi connectivity index (χ1v) is 13.3. The fourth-order valence-corrected chi connectivity index (χ4v) is 4.51. The van der Waals surface area contributed by atoms with Gasteiger partial charge in [0.05, 0.1) is 30.5 Å². The zero-order chi connectivity index (χ0) is 26.5. The number of fused-ring (bicyclic) bond motifs is 1. The third-order valence-electron chi connectivity index (χ3n) is 6.93. The fourth-order valence-electron chi connectivity index (χ4n) is 4.51. The SMILES string of the molecule is CC(OC(COC(C)(C)CCOC(C)(C)CCN)[C@H]1O[C@@H]2OC(C(C)C)OC2C1O)c1ccccc1. The van der Waals surface area contributed by atoms with Gasteiger partial charge in [-0.15, -0.1) is 0 Å². The van der Waals surface area contributed by atoms with Crippen molar-refractivity contribution in [1.29, 1.82) is 0 Å². The lowest BCUT2D eigenvalue weighted by Gasteiger charge is -2.34. The first kappa shape index (κ1) is 29.5. The van der Waals surface area contributed by atoms with E-state index in [1.807, 2.05) is 78.8 Å². The molecule has 0 saturated carbocycles. The van der Waals surface area contributed by atoms with Crippen LogP contribution in [0.1, 0.15) is 73.0 Å². The van der Waals surface area contributed by atoms with Crippen molar-refractivity contribution in [3.63, 3.8) is 0 Å². The van der Waals surface area contributed by atoms with E-state index in [1.165, 1.54) is 0 Å². The highest BCUT2D eigenvalue weighted by Crippen LogP contribution is 2.37. The second-order valence-electron chi connectivity index (χ2n) is 11.5. The van der Waals surface area contributed by atoms with Gasteiger partial charge in [0.1, 0.15) is 24.4 Å². The molecule has 2 aliphatic rings. The minimum Gasteiger partial charge on any atom is -0.387 e. The Bertz CT molecular complexity index is 787. The number of aliphatic hydroxyl groups excluding tert-OH is 1. The van der Waals surface area contributed by atoms with Gasteiger partial charge in [0, 0.05) is 5.92 Å². The zero-order valence-electron chi connectivity index (χ0n) is 23.0. The molecule has 1 aromatic carbocycles. The van der Waals surface area contributed by atoms with Gasteiger partial charge in [-0.2, -0.15) is 0 Å². The maximum Gasteiger partial charge on any atom is 0.190 e. The molecule has 2 heterocycles. The summed E-state index contributed by atoms with van der Waals surface area (Å²) >= 11 is 0. The Hall–Kier alpha value is -1.10. The second kappa shape index (κ2) is 12.6. The monoisotopic (exact) mass is 509 g/mol. The molecule has 1 aromatic rings.